The minimum absolute atomic E-state index is 0.198. The van der Waals surface area contributed by atoms with Gasteiger partial charge >= 0.3 is 11.9 Å². The van der Waals surface area contributed by atoms with Crippen molar-refractivity contribution < 1.29 is 19.8 Å². The number of carboxylic acids is 2. The number of benzene rings is 2. The molecule has 0 fully saturated rings. The van der Waals surface area contributed by atoms with E-state index in [4.69, 9.17) is 10.2 Å². The van der Waals surface area contributed by atoms with Gasteiger partial charge in [-0.3, -0.25) is 4.79 Å². The molecule has 0 aromatic heterocycles. The van der Waals surface area contributed by atoms with Crippen LogP contribution in [-0.4, -0.2) is 22.2 Å². The van der Waals surface area contributed by atoms with Crippen LogP contribution in [0.3, 0.4) is 0 Å². The molecular formula is C20H20O4. The van der Waals surface area contributed by atoms with Gasteiger partial charge in [-0.05, 0) is 23.6 Å². The average Bonchev–Trinajstić information content (AvgIpc) is 2.59. The summed E-state index contributed by atoms with van der Waals surface area (Å²) >= 11 is 0. The Labute approximate surface area is 141 Å². The van der Waals surface area contributed by atoms with Crippen LogP contribution in [0.2, 0.25) is 0 Å². The van der Waals surface area contributed by atoms with Crippen LogP contribution >= 0.6 is 0 Å². The maximum absolute atomic E-state index is 10.2. The lowest BCUT2D eigenvalue weighted by atomic mass is 10.2. The molecule has 2 rings (SSSR count). The second-order valence-electron chi connectivity index (χ2n) is 4.83. The van der Waals surface area contributed by atoms with E-state index in [0.717, 1.165) is 17.2 Å². The van der Waals surface area contributed by atoms with Gasteiger partial charge < -0.3 is 10.2 Å². The zero-order chi connectivity index (χ0) is 17.6. The molecule has 0 aliphatic heterocycles. The number of carbonyl (C=O) groups is 2. The highest BCUT2D eigenvalue weighted by Crippen LogP contribution is 2.02. The van der Waals surface area contributed by atoms with E-state index in [1.165, 1.54) is 0 Å². The summed E-state index contributed by atoms with van der Waals surface area (Å²) in [5, 5.41) is 16.7. The fourth-order valence-electron chi connectivity index (χ4n) is 1.72. The van der Waals surface area contributed by atoms with Crippen LogP contribution in [0.1, 0.15) is 24.0 Å². The van der Waals surface area contributed by atoms with Crippen molar-refractivity contribution in [2.45, 2.75) is 12.8 Å². The van der Waals surface area contributed by atoms with Gasteiger partial charge in [0.15, 0.2) is 0 Å². The second kappa shape index (κ2) is 11.4. The number of hydrogen-bond donors (Lipinski definition) is 2. The van der Waals surface area contributed by atoms with Crippen molar-refractivity contribution in [3.8, 4) is 0 Å². The zero-order valence-corrected chi connectivity index (χ0v) is 13.2. The Kier molecular flexibility index (Phi) is 9.01. The van der Waals surface area contributed by atoms with Gasteiger partial charge in [-0.1, -0.05) is 72.8 Å². The highest BCUT2D eigenvalue weighted by molar-refractivity contribution is 5.85. The Bertz CT molecular complexity index is 673. The maximum atomic E-state index is 10.2. The van der Waals surface area contributed by atoms with Gasteiger partial charge in [0.1, 0.15) is 0 Å². The third-order valence-electron chi connectivity index (χ3n) is 2.85. The Balaban J connectivity index is 0.000000243. The van der Waals surface area contributed by atoms with Gasteiger partial charge in [0.2, 0.25) is 0 Å². The summed E-state index contributed by atoms with van der Waals surface area (Å²) < 4.78 is 0. The van der Waals surface area contributed by atoms with Crippen molar-refractivity contribution >= 4 is 24.1 Å². The van der Waals surface area contributed by atoms with Gasteiger partial charge in [-0.2, -0.15) is 0 Å². The molecule has 0 bridgehead atoms. The summed E-state index contributed by atoms with van der Waals surface area (Å²) in [7, 11) is 0. The molecule has 0 amide bonds. The van der Waals surface area contributed by atoms with Crippen LogP contribution in [0.25, 0.3) is 12.2 Å². The third kappa shape index (κ3) is 9.73. The molecule has 0 aliphatic rings. The predicted molar refractivity (Wildman–Crippen MR) is 95.5 cm³/mol. The highest BCUT2D eigenvalue weighted by Gasteiger charge is 1.91. The molecular weight excluding hydrogens is 304 g/mol. The van der Waals surface area contributed by atoms with Gasteiger partial charge in [0, 0.05) is 12.5 Å². The van der Waals surface area contributed by atoms with Crippen LogP contribution in [0.4, 0.5) is 0 Å². The van der Waals surface area contributed by atoms with E-state index >= 15 is 0 Å². The van der Waals surface area contributed by atoms with Crippen molar-refractivity contribution in [3.63, 3.8) is 0 Å². The molecule has 0 saturated heterocycles. The number of allylic oxidation sites excluding steroid dienone is 1. The number of carboxylic acid groups (broad SMARTS) is 2. The first-order chi connectivity index (χ1) is 11.6. The summed E-state index contributed by atoms with van der Waals surface area (Å²) in [6, 6.07) is 19.1. The zero-order valence-electron chi connectivity index (χ0n) is 13.2. The third-order valence-corrected chi connectivity index (χ3v) is 2.85. The highest BCUT2D eigenvalue weighted by atomic mass is 16.4. The molecule has 2 aromatic rings. The van der Waals surface area contributed by atoms with Crippen molar-refractivity contribution in [3.05, 3.63) is 83.9 Å². The van der Waals surface area contributed by atoms with E-state index in [1.54, 1.807) is 6.08 Å². The topological polar surface area (TPSA) is 74.6 Å². The lowest BCUT2D eigenvalue weighted by Gasteiger charge is -1.90. The normalized spacial score (nSPS) is 10.3. The quantitative estimate of drug-likeness (QED) is 0.775. The summed E-state index contributed by atoms with van der Waals surface area (Å²) in [4.78, 5) is 20.3. The molecule has 0 unspecified atom stereocenters. The Morgan fingerprint density at radius 1 is 0.792 bits per heavy atom. The Morgan fingerprint density at radius 2 is 1.29 bits per heavy atom. The molecule has 0 aliphatic carbocycles. The van der Waals surface area contributed by atoms with E-state index in [2.05, 4.69) is 0 Å². The molecule has 0 spiro atoms. The number of aliphatic carboxylic acids is 2. The average molecular weight is 324 g/mol. The van der Waals surface area contributed by atoms with Crippen LogP contribution in [0.5, 0.6) is 0 Å². The Morgan fingerprint density at radius 3 is 1.75 bits per heavy atom. The first-order valence-electron chi connectivity index (χ1n) is 7.47. The minimum Gasteiger partial charge on any atom is -0.481 e. The predicted octanol–water partition coefficient (Wildman–Crippen LogP) is 4.35. The van der Waals surface area contributed by atoms with Crippen LogP contribution in [0.15, 0.2) is 72.8 Å². The minimum atomic E-state index is -0.922. The molecule has 2 N–H and O–H groups in total. The van der Waals surface area contributed by atoms with E-state index in [9.17, 15) is 9.59 Å². The van der Waals surface area contributed by atoms with Crippen molar-refractivity contribution in [1.82, 2.24) is 0 Å². The van der Waals surface area contributed by atoms with Gasteiger partial charge in [0.05, 0.1) is 0 Å². The van der Waals surface area contributed by atoms with E-state index < -0.39 is 11.9 Å². The van der Waals surface area contributed by atoms with Crippen molar-refractivity contribution in [2.24, 2.45) is 0 Å². The summed E-state index contributed by atoms with van der Waals surface area (Å²) in [5.74, 6) is -1.67. The largest absolute Gasteiger partial charge is 0.481 e. The molecule has 0 heterocycles. The fraction of sp³-hybridized carbons (Fsp3) is 0.100. The lowest BCUT2D eigenvalue weighted by molar-refractivity contribution is -0.137. The first-order valence-corrected chi connectivity index (χ1v) is 7.47. The van der Waals surface area contributed by atoms with Crippen LogP contribution in [-0.2, 0) is 9.59 Å². The van der Waals surface area contributed by atoms with E-state index in [1.807, 2.05) is 72.8 Å². The standard InChI is InChI=1S/C11H12O2.C9H8O2/c12-11(13)9-5-4-8-10-6-2-1-3-7-10;10-9(11)7-6-8-4-2-1-3-5-8/h1-4,6-8H,5,9H2,(H,12,13);1-7H,(H,10,11). The summed E-state index contributed by atoms with van der Waals surface area (Å²) in [6.45, 7) is 0. The van der Waals surface area contributed by atoms with Gasteiger partial charge in [0.25, 0.3) is 0 Å². The molecule has 24 heavy (non-hydrogen) atoms. The maximum Gasteiger partial charge on any atom is 0.328 e. The molecule has 124 valence electrons. The molecule has 4 nitrogen and oxygen atoms in total. The summed E-state index contributed by atoms with van der Waals surface area (Å²) in [6.07, 6.45) is 7.28. The number of rotatable bonds is 6. The smallest absolute Gasteiger partial charge is 0.328 e. The SMILES string of the molecule is O=C(O)C=Cc1ccccc1.O=C(O)CCC=Cc1ccccc1. The molecule has 0 radical (unpaired) electrons. The fourth-order valence-corrected chi connectivity index (χ4v) is 1.72. The van der Waals surface area contributed by atoms with Crippen LogP contribution < -0.4 is 0 Å². The lowest BCUT2D eigenvalue weighted by Crippen LogP contribution is -1.91. The molecule has 0 atom stereocenters. The monoisotopic (exact) mass is 324 g/mol. The molecule has 2 aromatic carbocycles. The Hall–Kier alpha value is -3.14. The number of hydrogen-bond acceptors (Lipinski definition) is 2. The van der Waals surface area contributed by atoms with Crippen molar-refractivity contribution in [2.75, 3.05) is 0 Å². The first kappa shape index (κ1) is 18.9. The molecule has 0 saturated carbocycles. The summed E-state index contributed by atoms with van der Waals surface area (Å²) in [5.41, 5.74) is 2.00. The van der Waals surface area contributed by atoms with Crippen LogP contribution in [0, 0.1) is 0 Å². The van der Waals surface area contributed by atoms with Gasteiger partial charge in [-0.15, -0.1) is 0 Å². The second-order valence-corrected chi connectivity index (χ2v) is 4.83. The van der Waals surface area contributed by atoms with Crippen molar-refractivity contribution in [1.29, 1.82) is 0 Å². The van der Waals surface area contributed by atoms with E-state index in [-0.39, 0.29) is 6.42 Å². The molecule has 4 heteroatoms. The van der Waals surface area contributed by atoms with E-state index in [0.29, 0.717) is 6.42 Å². The van der Waals surface area contributed by atoms with Gasteiger partial charge in [-0.25, -0.2) is 4.79 Å².